The topological polar surface area (TPSA) is 93.8 Å². The van der Waals surface area contributed by atoms with Crippen LogP contribution in [0.5, 0.6) is 11.5 Å². The maximum absolute atomic E-state index is 15.1. The van der Waals surface area contributed by atoms with E-state index < -0.39 is 94.3 Å². The Kier molecular flexibility index (Phi) is 10.9. The molecule has 2 atom stereocenters. The largest absolute Gasteiger partial charge is 0.485 e. The van der Waals surface area contributed by atoms with Gasteiger partial charge in [-0.15, -0.1) is 0 Å². The normalized spacial score (nSPS) is 15.1. The second-order valence-electron chi connectivity index (χ2n) is 11.8. The average Bonchev–Trinajstić information content (AvgIpc) is 2.95. The molecule has 3 rings (SSSR count). The van der Waals surface area contributed by atoms with Crippen LogP contribution in [-0.2, 0) is 16.8 Å². The van der Waals surface area contributed by atoms with Gasteiger partial charge < -0.3 is 25.6 Å². The summed E-state index contributed by atoms with van der Waals surface area (Å²) in [6.07, 6.45) is -23.7. The fourth-order valence-electron chi connectivity index (χ4n) is 4.70. The highest BCUT2D eigenvalue weighted by molar-refractivity contribution is 5.85. The molecule has 270 valence electrons. The third kappa shape index (κ3) is 8.52. The molecule has 0 saturated heterocycles. The Morgan fingerprint density at radius 3 is 1.90 bits per heavy atom. The first kappa shape index (κ1) is 39.3. The molecule has 3 aromatic carbocycles. The molecular formula is C31H28F12N2O4. The summed E-state index contributed by atoms with van der Waals surface area (Å²) in [7, 11) is 0. The Balaban J connectivity index is 2.44. The Bertz CT molecular complexity index is 1610. The van der Waals surface area contributed by atoms with Gasteiger partial charge in [-0.25, -0.2) is 8.78 Å². The lowest BCUT2D eigenvalue weighted by Gasteiger charge is -2.41. The van der Waals surface area contributed by atoms with Crippen molar-refractivity contribution in [2.24, 2.45) is 5.73 Å². The molecule has 0 aliphatic rings. The number of nitrogens with two attached hydrogens (primary N) is 1. The van der Waals surface area contributed by atoms with Crippen molar-refractivity contribution in [3.05, 3.63) is 95.1 Å². The molecule has 4 N–H and O–H groups in total. The van der Waals surface area contributed by atoms with E-state index in [1.807, 2.05) is 5.32 Å². The molecule has 0 aromatic heterocycles. The molecule has 1 unspecified atom stereocenters. The van der Waals surface area contributed by atoms with Crippen LogP contribution in [0.25, 0.3) is 0 Å². The van der Waals surface area contributed by atoms with E-state index in [1.54, 1.807) is 0 Å². The number of benzene rings is 3. The number of hydrogen-bond acceptors (Lipinski definition) is 5. The van der Waals surface area contributed by atoms with Crippen LogP contribution in [0.2, 0.25) is 0 Å². The lowest BCUT2D eigenvalue weighted by Crippen LogP contribution is -2.72. The van der Waals surface area contributed by atoms with Crippen LogP contribution in [0.3, 0.4) is 0 Å². The number of hydrogen-bond donors (Lipinski definition) is 3. The van der Waals surface area contributed by atoms with Crippen molar-refractivity contribution in [1.29, 1.82) is 0 Å². The fraction of sp³-hybridized carbons (Fsp3) is 0.387. The zero-order valence-corrected chi connectivity index (χ0v) is 25.5. The van der Waals surface area contributed by atoms with Crippen LogP contribution in [0, 0.1) is 11.6 Å². The van der Waals surface area contributed by atoms with Crippen molar-refractivity contribution in [3.8, 4) is 11.5 Å². The van der Waals surface area contributed by atoms with E-state index in [2.05, 4.69) is 4.74 Å². The molecule has 18 heteroatoms. The number of nitrogens with one attached hydrogen (secondary N) is 1. The lowest BCUT2D eigenvalue weighted by molar-refractivity contribution is -0.371. The molecule has 0 fully saturated rings. The van der Waals surface area contributed by atoms with Gasteiger partial charge >= 0.3 is 24.9 Å². The molecule has 6 nitrogen and oxygen atoms in total. The van der Waals surface area contributed by atoms with Gasteiger partial charge in [-0.05, 0) is 61.7 Å². The predicted octanol–water partition coefficient (Wildman–Crippen LogP) is 7.16. The highest BCUT2D eigenvalue weighted by atomic mass is 19.4. The van der Waals surface area contributed by atoms with Crippen LogP contribution in [-0.4, -0.2) is 53.1 Å². The summed E-state index contributed by atoms with van der Waals surface area (Å²) in [6.45, 7) is 4.39. The van der Waals surface area contributed by atoms with Gasteiger partial charge in [0.05, 0.1) is 5.54 Å². The lowest BCUT2D eigenvalue weighted by atomic mass is 9.77. The molecular weight excluding hydrogens is 692 g/mol. The summed E-state index contributed by atoms with van der Waals surface area (Å²) in [4.78, 5) is 13.5. The summed E-state index contributed by atoms with van der Waals surface area (Å²) in [6, 6.07) is 6.49. The summed E-state index contributed by atoms with van der Waals surface area (Å²) >= 11 is 0. The number of amides is 1. The van der Waals surface area contributed by atoms with Crippen molar-refractivity contribution >= 4 is 5.91 Å². The van der Waals surface area contributed by atoms with Crippen molar-refractivity contribution in [1.82, 2.24) is 5.32 Å². The van der Waals surface area contributed by atoms with Gasteiger partial charge in [0.25, 0.3) is 5.60 Å². The van der Waals surface area contributed by atoms with Crippen molar-refractivity contribution in [2.75, 3.05) is 0 Å². The Hall–Kier alpha value is -4.19. The number of carbonyl (C=O) groups excluding carboxylic acids is 1. The molecule has 0 aliphatic carbocycles. The maximum Gasteiger partial charge on any atom is 0.461 e. The molecule has 0 spiro atoms. The summed E-state index contributed by atoms with van der Waals surface area (Å²) in [5.41, 5.74) is -5.75. The summed E-state index contributed by atoms with van der Waals surface area (Å²) < 4.78 is 176. The minimum absolute atomic E-state index is 0.0885. The van der Waals surface area contributed by atoms with Gasteiger partial charge in [0.2, 0.25) is 5.91 Å². The first-order valence-electron chi connectivity index (χ1n) is 13.9. The van der Waals surface area contributed by atoms with E-state index in [0.29, 0.717) is 18.2 Å². The molecule has 0 radical (unpaired) electrons. The third-order valence-electron chi connectivity index (χ3n) is 6.96. The van der Waals surface area contributed by atoms with Crippen LogP contribution >= 0.6 is 0 Å². The molecule has 0 saturated carbocycles. The van der Waals surface area contributed by atoms with E-state index in [4.69, 9.17) is 10.5 Å². The van der Waals surface area contributed by atoms with Gasteiger partial charge in [-0.2, -0.15) is 43.9 Å². The minimum atomic E-state index is -6.60. The van der Waals surface area contributed by atoms with E-state index >= 15 is 4.39 Å². The van der Waals surface area contributed by atoms with Crippen LogP contribution in [0.4, 0.5) is 52.7 Å². The number of carbonyl (C=O) groups is 1. The smallest absolute Gasteiger partial charge is 0.461 e. The molecule has 49 heavy (non-hydrogen) atoms. The molecule has 0 aliphatic heterocycles. The summed E-state index contributed by atoms with van der Waals surface area (Å²) in [5, 5.41) is 11.7. The maximum atomic E-state index is 15.1. The first-order valence-corrected chi connectivity index (χ1v) is 13.9. The number of ether oxygens (including phenoxy) is 2. The number of alkyl halides is 10. The van der Waals surface area contributed by atoms with Crippen LogP contribution < -0.4 is 20.5 Å². The van der Waals surface area contributed by atoms with Gasteiger partial charge in [-0.3, -0.25) is 4.79 Å². The van der Waals surface area contributed by atoms with Crippen molar-refractivity contribution in [2.45, 2.75) is 74.9 Å². The zero-order valence-electron chi connectivity index (χ0n) is 25.5. The summed E-state index contributed by atoms with van der Waals surface area (Å²) in [5.74, 6) is -6.91. The van der Waals surface area contributed by atoms with E-state index in [1.165, 1.54) is 51.1 Å². The van der Waals surface area contributed by atoms with E-state index in [-0.39, 0.29) is 11.6 Å². The Morgan fingerprint density at radius 2 is 1.39 bits per heavy atom. The molecule has 1 amide bonds. The number of halogens is 12. The number of rotatable bonds is 11. The van der Waals surface area contributed by atoms with Gasteiger partial charge in [0, 0.05) is 12.5 Å². The van der Waals surface area contributed by atoms with Crippen LogP contribution in [0.15, 0.2) is 66.7 Å². The van der Waals surface area contributed by atoms with Gasteiger partial charge in [-0.1, -0.05) is 36.4 Å². The second-order valence-corrected chi connectivity index (χ2v) is 11.8. The Labute approximate surface area is 270 Å². The fourth-order valence-corrected chi connectivity index (χ4v) is 4.70. The van der Waals surface area contributed by atoms with Crippen molar-refractivity contribution in [3.63, 3.8) is 0 Å². The third-order valence-corrected chi connectivity index (χ3v) is 6.96. The standard InChI is InChI=1S/C31H28F12N2O4/c1-26(2,3)49-22-13-17(9-10-21(22)33)27(15-16-7-5-4-6-8-16,18-11-19(32)14-20(12-18)48-29(36,37)25(34)35)45-24(46)23(44)28(47,30(38,39)40)31(41,42)43/h4-14,23,25,47H,15,44H2,1-3H3,(H,45,46)/t23?,27-/m1/s1. The van der Waals surface area contributed by atoms with E-state index in [9.17, 15) is 58.2 Å². The molecule has 0 heterocycles. The highest BCUT2D eigenvalue weighted by Crippen LogP contribution is 2.46. The van der Waals surface area contributed by atoms with Gasteiger partial charge in [0.1, 0.15) is 23.2 Å². The predicted molar refractivity (Wildman–Crippen MR) is 149 cm³/mol. The quantitative estimate of drug-likeness (QED) is 0.183. The monoisotopic (exact) mass is 720 g/mol. The Morgan fingerprint density at radius 1 is 0.816 bits per heavy atom. The van der Waals surface area contributed by atoms with E-state index in [0.717, 1.165) is 12.1 Å². The van der Waals surface area contributed by atoms with Crippen molar-refractivity contribution < 1.29 is 72.1 Å². The van der Waals surface area contributed by atoms with Gasteiger partial charge in [0.15, 0.2) is 11.6 Å². The first-order chi connectivity index (χ1) is 22.2. The minimum Gasteiger partial charge on any atom is -0.485 e. The van der Waals surface area contributed by atoms with Crippen LogP contribution in [0.1, 0.15) is 37.5 Å². The highest BCUT2D eigenvalue weighted by Gasteiger charge is 2.75. The average molecular weight is 721 g/mol. The zero-order chi connectivity index (χ0) is 37.4. The molecule has 0 bridgehead atoms. The molecule has 3 aromatic rings. The SMILES string of the molecule is CC(C)(C)Oc1cc([C@@](Cc2ccccc2)(NC(=O)C(N)C(O)(C(F)(F)F)C(F)(F)F)c2cc(F)cc(OC(F)(F)C(F)F)c2)ccc1F. The second kappa shape index (κ2) is 13.6. The number of aliphatic hydroxyl groups is 1.